The number of carbonyl (C=O) groups excluding carboxylic acids is 1. The number of aromatic nitrogens is 2. The molecule has 0 fully saturated rings. The van der Waals surface area contributed by atoms with Crippen LogP contribution < -0.4 is 5.43 Å². The van der Waals surface area contributed by atoms with Crippen molar-refractivity contribution in [3.63, 3.8) is 0 Å². The predicted octanol–water partition coefficient (Wildman–Crippen LogP) is 3.71. The molecule has 2 heterocycles. The van der Waals surface area contributed by atoms with E-state index >= 15 is 0 Å². The Morgan fingerprint density at radius 3 is 2.19 bits per heavy atom. The normalized spacial score (nSPS) is 15.5. The average molecular weight is 427 g/mol. The Balaban J connectivity index is 0.00000272. The quantitative estimate of drug-likeness (QED) is 0.689. The number of hydrogen-bond donors (Lipinski definition) is 1. The van der Waals surface area contributed by atoms with Crippen molar-refractivity contribution in [1.82, 2.24) is 14.7 Å². The maximum atomic E-state index is 14.1. The summed E-state index contributed by atoms with van der Waals surface area (Å²) < 4.78 is 29.4. The molecule has 0 spiro atoms. The average Bonchev–Trinajstić information content (AvgIpc) is 2.72. The summed E-state index contributed by atoms with van der Waals surface area (Å²) in [5, 5.41) is 14.4. The van der Waals surface area contributed by atoms with Crippen molar-refractivity contribution in [2.24, 2.45) is 0 Å². The summed E-state index contributed by atoms with van der Waals surface area (Å²) in [5.41, 5.74) is 0.127. The van der Waals surface area contributed by atoms with Gasteiger partial charge in [0.05, 0.1) is 12.2 Å². The summed E-state index contributed by atoms with van der Waals surface area (Å²) in [6.07, 6.45) is 0.939. The number of rotatable bonds is 4. The first kappa shape index (κ1) is 22.1. The van der Waals surface area contributed by atoms with Crippen LogP contribution in [0.1, 0.15) is 47.9 Å². The number of hydrogen-bond acceptors (Lipinski definition) is 4. The van der Waals surface area contributed by atoms with Gasteiger partial charge in [-0.15, -0.1) is 0 Å². The van der Waals surface area contributed by atoms with Crippen LogP contribution in [0.3, 0.4) is 0 Å². The summed E-state index contributed by atoms with van der Waals surface area (Å²) in [6, 6.07) is 11.3. The number of carbonyl (C=O) groups is 1. The van der Waals surface area contributed by atoms with Crippen molar-refractivity contribution < 1.29 is 18.7 Å². The smallest absolute Gasteiger partial charge is 0.276 e. The minimum Gasteiger partial charge on any atom is -0.502 e. The number of fused-ring (bicyclic) bond motifs is 1. The Kier molecular flexibility index (Phi) is 6.19. The first-order valence-corrected chi connectivity index (χ1v) is 9.51. The fraction of sp³-hybridized carbons (Fsp3) is 0.261. The summed E-state index contributed by atoms with van der Waals surface area (Å²) >= 11 is 0. The maximum absolute atomic E-state index is 14.1. The highest BCUT2D eigenvalue weighted by atomic mass is 19.1. The lowest BCUT2D eigenvalue weighted by Crippen LogP contribution is -2.46. The van der Waals surface area contributed by atoms with E-state index in [4.69, 9.17) is 0 Å². The van der Waals surface area contributed by atoms with Crippen LogP contribution in [0.4, 0.5) is 8.78 Å². The van der Waals surface area contributed by atoms with Crippen LogP contribution in [-0.2, 0) is 0 Å². The molecule has 6 nitrogen and oxygen atoms in total. The molecule has 3 aromatic rings. The second-order valence-electron chi connectivity index (χ2n) is 7.15. The van der Waals surface area contributed by atoms with Crippen molar-refractivity contribution in [1.29, 1.82) is 0 Å². The van der Waals surface area contributed by atoms with E-state index < -0.39 is 40.7 Å². The zero-order valence-electron chi connectivity index (χ0n) is 16.1. The molecule has 1 aromatic heterocycles. The maximum Gasteiger partial charge on any atom is 0.276 e. The van der Waals surface area contributed by atoms with Crippen LogP contribution in [0.5, 0.6) is 5.75 Å². The summed E-state index contributed by atoms with van der Waals surface area (Å²) in [5.74, 6) is -2.70. The lowest BCUT2D eigenvalue weighted by molar-refractivity contribution is 0.0645. The zero-order chi connectivity index (χ0) is 21.4. The van der Waals surface area contributed by atoms with Crippen LogP contribution in [-0.4, -0.2) is 38.8 Å². The van der Waals surface area contributed by atoms with Crippen LogP contribution in [0.2, 0.25) is 0 Å². The second-order valence-corrected chi connectivity index (χ2v) is 7.15. The van der Waals surface area contributed by atoms with E-state index in [0.717, 1.165) is 6.20 Å². The molecule has 1 atom stereocenters. The molecule has 1 amide bonds. The predicted molar refractivity (Wildman–Crippen MR) is 112 cm³/mol. The second kappa shape index (κ2) is 8.67. The number of benzene rings is 2. The zero-order valence-corrected chi connectivity index (χ0v) is 16.1. The Morgan fingerprint density at radius 1 is 1.10 bits per heavy atom. The third-order valence-corrected chi connectivity index (χ3v) is 5.38. The van der Waals surface area contributed by atoms with Gasteiger partial charge in [0.2, 0.25) is 5.43 Å². The summed E-state index contributed by atoms with van der Waals surface area (Å²) in [6.45, 7) is 2.29. The largest absolute Gasteiger partial charge is 0.502 e. The lowest BCUT2D eigenvalue weighted by Gasteiger charge is -2.38. The van der Waals surface area contributed by atoms with Crippen molar-refractivity contribution in [3.05, 3.63) is 93.4 Å². The van der Waals surface area contributed by atoms with Crippen molar-refractivity contribution in [2.75, 3.05) is 13.1 Å². The molecule has 0 radical (unpaired) electrons. The fourth-order valence-corrected chi connectivity index (χ4v) is 4.00. The van der Waals surface area contributed by atoms with Crippen molar-refractivity contribution in [3.8, 4) is 5.75 Å². The highest BCUT2D eigenvalue weighted by Crippen LogP contribution is 2.39. The minimum absolute atomic E-state index is 0. The number of amides is 1. The van der Waals surface area contributed by atoms with Crippen LogP contribution in [0, 0.1) is 11.6 Å². The summed E-state index contributed by atoms with van der Waals surface area (Å²) in [4.78, 5) is 26.2. The number of aromatic hydroxyl groups is 1. The van der Waals surface area contributed by atoms with Crippen LogP contribution >= 0.6 is 0 Å². The Bertz CT molecular complexity index is 1130. The van der Waals surface area contributed by atoms with Crippen LogP contribution in [0.25, 0.3) is 0 Å². The van der Waals surface area contributed by atoms with Gasteiger partial charge >= 0.3 is 0 Å². The van der Waals surface area contributed by atoms with Gasteiger partial charge in [-0.2, -0.15) is 5.10 Å². The first-order valence-electron chi connectivity index (χ1n) is 9.51. The molecule has 1 aliphatic heterocycles. The van der Waals surface area contributed by atoms with E-state index in [2.05, 4.69) is 5.10 Å². The molecule has 4 rings (SSSR count). The molecule has 8 heteroatoms. The third-order valence-electron chi connectivity index (χ3n) is 5.38. The minimum atomic E-state index is -0.764. The molecule has 0 saturated heterocycles. The van der Waals surface area contributed by atoms with E-state index in [9.17, 15) is 23.5 Å². The van der Waals surface area contributed by atoms with E-state index in [1.54, 1.807) is 31.2 Å². The van der Waals surface area contributed by atoms with Crippen molar-refractivity contribution >= 4 is 5.91 Å². The van der Waals surface area contributed by atoms with Gasteiger partial charge in [0.15, 0.2) is 11.4 Å². The molecular formula is C23H23F2N3O3. The molecule has 2 aromatic carbocycles. The Morgan fingerprint density at radius 2 is 1.68 bits per heavy atom. The van der Waals surface area contributed by atoms with Gasteiger partial charge in [0, 0.05) is 19.0 Å². The molecular weight excluding hydrogens is 404 g/mol. The molecule has 1 N–H and O–H groups in total. The highest BCUT2D eigenvalue weighted by Gasteiger charge is 2.39. The monoisotopic (exact) mass is 427 g/mol. The lowest BCUT2D eigenvalue weighted by atomic mass is 9.83. The van der Waals surface area contributed by atoms with E-state index in [1.165, 1.54) is 33.8 Å². The summed E-state index contributed by atoms with van der Waals surface area (Å²) in [7, 11) is 0. The molecule has 0 aliphatic carbocycles. The number of nitrogens with zero attached hydrogens (tertiary/aromatic N) is 3. The molecule has 0 bridgehead atoms. The standard InChI is InChI=1S/C22H19F2N3O3.CH4/c1-2-26-12-17(27-20(22(26)30)21(29)18(28)11-25-27)19(13-5-3-7-15(23)9-13)14-6-4-8-16(24)10-14;/h3-11,17,19,29H,2,12H2,1H3;1H4. The Hall–Kier alpha value is -3.55. The molecule has 1 aliphatic rings. The number of halogens is 2. The van der Waals surface area contributed by atoms with Gasteiger partial charge in [0.25, 0.3) is 5.91 Å². The van der Waals surface area contributed by atoms with E-state index in [-0.39, 0.29) is 19.7 Å². The first-order chi connectivity index (χ1) is 14.4. The van der Waals surface area contributed by atoms with Gasteiger partial charge in [-0.25, -0.2) is 8.78 Å². The van der Waals surface area contributed by atoms with Crippen LogP contribution in [0.15, 0.2) is 59.5 Å². The molecule has 162 valence electrons. The number of likely N-dealkylation sites (N-methyl/N-ethyl adjacent to an activating group) is 1. The SMILES string of the molecule is C.CCN1CC(C(c2cccc(F)c2)c2cccc(F)c2)n2ncc(=O)c(O)c2C1=O. The van der Waals surface area contributed by atoms with Gasteiger partial charge < -0.3 is 10.0 Å². The van der Waals surface area contributed by atoms with Gasteiger partial charge in [-0.05, 0) is 42.3 Å². The molecule has 31 heavy (non-hydrogen) atoms. The van der Waals surface area contributed by atoms with E-state index in [1.807, 2.05) is 0 Å². The van der Waals surface area contributed by atoms with Gasteiger partial charge in [-0.1, -0.05) is 31.7 Å². The van der Waals surface area contributed by atoms with Crippen molar-refractivity contribution in [2.45, 2.75) is 26.3 Å². The molecule has 0 saturated carbocycles. The third kappa shape index (κ3) is 3.93. The fourth-order valence-electron chi connectivity index (χ4n) is 4.00. The van der Waals surface area contributed by atoms with Gasteiger partial charge in [0.1, 0.15) is 11.6 Å². The van der Waals surface area contributed by atoms with E-state index in [0.29, 0.717) is 17.7 Å². The topological polar surface area (TPSA) is 75.4 Å². The van der Waals surface area contributed by atoms with Gasteiger partial charge in [-0.3, -0.25) is 14.3 Å². The molecule has 1 unspecified atom stereocenters. The Labute approximate surface area is 178 Å². The highest BCUT2D eigenvalue weighted by molar-refractivity contribution is 5.95.